The highest BCUT2D eigenvalue weighted by Gasteiger charge is 2.42. The minimum absolute atomic E-state index is 0.128. The number of benzene rings is 2. The van der Waals surface area contributed by atoms with E-state index in [2.05, 4.69) is 36.2 Å². The molecule has 0 radical (unpaired) electrons. The molecule has 0 saturated carbocycles. The first kappa shape index (κ1) is 30.5. The summed E-state index contributed by atoms with van der Waals surface area (Å²) < 4.78 is 53.1. The predicted molar refractivity (Wildman–Crippen MR) is 145 cm³/mol. The van der Waals surface area contributed by atoms with Crippen molar-refractivity contribution in [3.8, 4) is 0 Å². The molecule has 0 unspecified atom stereocenters. The van der Waals surface area contributed by atoms with Gasteiger partial charge in [-0.25, -0.2) is 8.42 Å². The van der Waals surface area contributed by atoms with Crippen LogP contribution in [0.3, 0.4) is 0 Å². The van der Waals surface area contributed by atoms with Crippen molar-refractivity contribution in [2.24, 2.45) is 5.41 Å². The molecule has 1 aliphatic heterocycles. The van der Waals surface area contributed by atoms with E-state index in [4.69, 9.17) is 12.6 Å². The number of rotatable bonds is 9. The summed E-state index contributed by atoms with van der Waals surface area (Å²) >= 11 is 0. The molecule has 37 heavy (non-hydrogen) atoms. The lowest BCUT2D eigenvalue weighted by Crippen LogP contribution is -2.38. The van der Waals surface area contributed by atoms with Gasteiger partial charge < -0.3 is 10.2 Å². The fourth-order valence-corrected chi connectivity index (χ4v) is 7.05. The van der Waals surface area contributed by atoms with Gasteiger partial charge in [0.2, 0.25) is 5.91 Å². The molecule has 0 spiro atoms. The van der Waals surface area contributed by atoms with E-state index in [0.717, 1.165) is 61.0 Å². The number of anilines is 2. The monoisotopic (exact) mass is 550 g/mol. The molecular formula is C27H38N2O6S2. The van der Waals surface area contributed by atoms with Crippen LogP contribution >= 0.6 is 0 Å². The number of nitrogens with one attached hydrogen (secondary N) is 1. The Morgan fingerprint density at radius 1 is 1.03 bits per heavy atom. The van der Waals surface area contributed by atoms with E-state index >= 15 is 0 Å². The highest BCUT2D eigenvalue weighted by molar-refractivity contribution is 7.91. The highest BCUT2D eigenvalue weighted by Crippen LogP contribution is 2.45. The Morgan fingerprint density at radius 3 is 2.11 bits per heavy atom. The minimum atomic E-state index is -3.52. The Balaban J connectivity index is 0.00000112. The molecule has 0 atom stereocenters. The second-order valence-corrected chi connectivity index (χ2v) is 12.1. The molecule has 1 heterocycles. The summed E-state index contributed by atoms with van der Waals surface area (Å²) in [6.45, 7) is 8.81. The predicted octanol–water partition coefficient (Wildman–Crippen LogP) is 4.92. The second-order valence-electron chi connectivity index (χ2n) is 9.75. The first-order valence-electron chi connectivity index (χ1n) is 12.6. The number of unbranched alkanes of at least 4 members (excludes halogenated alkanes) is 2. The zero-order valence-electron chi connectivity index (χ0n) is 22.1. The Kier molecular flexibility index (Phi) is 11.3. The zero-order valence-corrected chi connectivity index (χ0v) is 23.8. The molecule has 0 saturated heterocycles. The molecule has 0 fully saturated rings. The van der Waals surface area contributed by atoms with Crippen LogP contribution in [0.5, 0.6) is 0 Å². The van der Waals surface area contributed by atoms with Crippen molar-refractivity contribution in [2.75, 3.05) is 17.2 Å². The van der Waals surface area contributed by atoms with Crippen molar-refractivity contribution < 1.29 is 25.8 Å². The van der Waals surface area contributed by atoms with E-state index in [1.54, 1.807) is 6.07 Å². The lowest BCUT2D eigenvalue weighted by Gasteiger charge is -2.37. The lowest BCUT2D eigenvalue weighted by molar-refractivity contribution is -0.119. The summed E-state index contributed by atoms with van der Waals surface area (Å²) in [6.07, 6.45) is 5.93. The van der Waals surface area contributed by atoms with Crippen LogP contribution in [0.15, 0.2) is 47.4 Å². The Bertz CT molecular complexity index is 1260. The van der Waals surface area contributed by atoms with Gasteiger partial charge in [0, 0.05) is 31.1 Å². The summed E-state index contributed by atoms with van der Waals surface area (Å²) in [5.74, 6) is 0.0372. The van der Waals surface area contributed by atoms with Gasteiger partial charge in [0.15, 0.2) is 9.84 Å². The molecule has 3 rings (SSSR count). The molecule has 204 valence electrons. The van der Waals surface area contributed by atoms with E-state index in [-0.39, 0.29) is 17.1 Å². The van der Waals surface area contributed by atoms with Crippen LogP contribution in [-0.4, -0.2) is 39.2 Å². The number of para-hydroxylation sites is 1. The number of sulfone groups is 1. The third-order valence-electron chi connectivity index (χ3n) is 6.75. The molecule has 0 aliphatic carbocycles. The number of fused-ring (bicyclic) bond motifs is 1. The first-order chi connectivity index (χ1) is 17.4. The van der Waals surface area contributed by atoms with Crippen molar-refractivity contribution in [3.63, 3.8) is 0 Å². The molecule has 0 aromatic heterocycles. The van der Waals surface area contributed by atoms with E-state index < -0.39 is 20.4 Å². The minimum Gasteiger partial charge on any atom is -0.352 e. The van der Waals surface area contributed by atoms with Gasteiger partial charge in [-0.3, -0.25) is 4.79 Å². The Morgan fingerprint density at radius 2 is 1.59 bits per heavy atom. The van der Waals surface area contributed by atoms with Crippen LogP contribution in [0.4, 0.5) is 11.4 Å². The van der Waals surface area contributed by atoms with Crippen molar-refractivity contribution in [2.45, 2.75) is 77.7 Å². The molecular weight excluding hydrogens is 512 g/mol. The van der Waals surface area contributed by atoms with Crippen LogP contribution in [0.25, 0.3) is 0 Å². The summed E-state index contributed by atoms with van der Waals surface area (Å²) in [5, 5.41) is 2.82. The topological polar surface area (TPSA) is 118 Å². The highest BCUT2D eigenvalue weighted by atomic mass is 32.2. The van der Waals surface area contributed by atoms with Crippen molar-refractivity contribution in [3.05, 3.63) is 53.6 Å². The maximum Gasteiger partial charge on any atom is 0.425 e. The molecule has 2 aromatic carbocycles. The average Bonchev–Trinajstić information content (AvgIpc) is 2.92. The fraction of sp³-hybridized carbons (Fsp3) is 0.519. The van der Waals surface area contributed by atoms with E-state index in [1.165, 1.54) is 6.92 Å². The lowest BCUT2D eigenvalue weighted by atomic mass is 9.79. The molecule has 10 heteroatoms. The van der Waals surface area contributed by atoms with Gasteiger partial charge >= 0.3 is 10.6 Å². The smallest absolute Gasteiger partial charge is 0.352 e. The largest absolute Gasteiger partial charge is 0.425 e. The molecule has 1 aliphatic rings. The molecule has 2 aromatic rings. The van der Waals surface area contributed by atoms with Crippen LogP contribution < -0.4 is 10.2 Å². The molecule has 0 bridgehead atoms. The maximum atomic E-state index is 13.9. The van der Waals surface area contributed by atoms with E-state index in [1.807, 2.05) is 31.2 Å². The summed E-state index contributed by atoms with van der Waals surface area (Å²) in [7, 11) is -6.63. The van der Waals surface area contributed by atoms with Crippen LogP contribution in [-0.2, 0) is 31.8 Å². The van der Waals surface area contributed by atoms with Gasteiger partial charge in [-0.15, -0.1) is 12.6 Å². The van der Waals surface area contributed by atoms with Crippen LogP contribution in [0, 0.1) is 12.3 Å². The number of hydrogen-bond donors (Lipinski definition) is 1. The molecule has 1 amide bonds. The van der Waals surface area contributed by atoms with Gasteiger partial charge in [0.25, 0.3) is 0 Å². The normalized spacial score (nSPS) is 15.5. The maximum absolute atomic E-state index is 13.9. The first-order valence-corrected chi connectivity index (χ1v) is 15.3. The average molecular weight is 551 g/mol. The fourth-order valence-electron chi connectivity index (χ4n) is 4.90. The van der Waals surface area contributed by atoms with Crippen LogP contribution in [0.1, 0.15) is 70.4 Å². The van der Waals surface area contributed by atoms with E-state index in [0.29, 0.717) is 18.0 Å². The SMILES string of the molecule is CCCCC1(CCCC)CN(c2ccccc2)c2cc(C)c(CNC(C)=O)cc2S(=O)(=O)C1.O=S(=O)=O. The van der Waals surface area contributed by atoms with Gasteiger partial charge in [-0.2, -0.15) is 0 Å². The van der Waals surface area contributed by atoms with Crippen LogP contribution in [0.2, 0.25) is 0 Å². The van der Waals surface area contributed by atoms with Gasteiger partial charge in [-0.05, 0) is 55.2 Å². The number of nitrogens with zero attached hydrogens (tertiary/aromatic N) is 1. The number of aryl methyl sites for hydroxylation is 1. The third kappa shape index (κ3) is 8.67. The molecule has 1 N–H and O–H groups in total. The van der Waals surface area contributed by atoms with Gasteiger partial charge in [0.1, 0.15) is 0 Å². The summed E-state index contributed by atoms with van der Waals surface area (Å²) in [6, 6.07) is 13.9. The zero-order chi connectivity index (χ0) is 27.6. The molecule has 8 nitrogen and oxygen atoms in total. The Hall–Kier alpha value is -2.72. The second kappa shape index (κ2) is 13.7. The number of amides is 1. The van der Waals surface area contributed by atoms with Crippen molar-refractivity contribution >= 4 is 37.7 Å². The summed E-state index contributed by atoms with van der Waals surface area (Å²) in [4.78, 5) is 14.1. The Labute approximate surface area is 222 Å². The van der Waals surface area contributed by atoms with Gasteiger partial charge in [-0.1, -0.05) is 57.7 Å². The number of carbonyl (C=O) groups excluding carboxylic acids is 1. The standard InChI is InChI=1S/C27H38N2O3S.O3S/c1-5-7-14-27(15-8-6-2)19-29(24-12-10-9-11-13-24)25-16-21(3)23(18-28-22(4)30)17-26(25)33(31,32)20-27;1-4(2)3/h9-13,16-17H,5-8,14-15,18-20H2,1-4H3,(H,28,30);. The van der Waals surface area contributed by atoms with Crippen molar-refractivity contribution in [1.82, 2.24) is 5.32 Å². The van der Waals surface area contributed by atoms with E-state index in [9.17, 15) is 13.2 Å². The quantitative estimate of drug-likeness (QED) is 0.471. The summed E-state index contributed by atoms with van der Waals surface area (Å²) in [5.41, 5.74) is 3.29. The van der Waals surface area contributed by atoms with Gasteiger partial charge in [0.05, 0.1) is 16.3 Å². The third-order valence-corrected chi connectivity index (χ3v) is 8.74. The number of carbonyl (C=O) groups is 1. The number of hydrogen-bond acceptors (Lipinski definition) is 7. The van der Waals surface area contributed by atoms with Crippen molar-refractivity contribution in [1.29, 1.82) is 0 Å².